The largest absolute Gasteiger partial charge is 0.325 e. The van der Waals surface area contributed by atoms with Gasteiger partial charge in [0.1, 0.15) is 5.82 Å². The van der Waals surface area contributed by atoms with Crippen molar-refractivity contribution in [2.75, 3.05) is 5.32 Å². The third-order valence-electron chi connectivity index (χ3n) is 4.81. The molecule has 156 valence electrons. The number of hydrogen-bond acceptors (Lipinski definition) is 5. The molecule has 1 unspecified atom stereocenters. The molecule has 0 aliphatic carbocycles. The van der Waals surface area contributed by atoms with Crippen LogP contribution in [0.1, 0.15) is 18.1 Å². The average Bonchev–Trinajstić information content (AvgIpc) is 2.74. The van der Waals surface area contributed by atoms with Crippen molar-refractivity contribution in [3.05, 3.63) is 88.3 Å². The second kappa shape index (κ2) is 8.73. The second-order valence-corrected chi connectivity index (χ2v) is 8.67. The zero-order chi connectivity index (χ0) is 22.0. The molecule has 0 saturated carbocycles. The van der Waals surface area contributed by atoms with Crippen molar-refractivity contribution in [1.82, 2.24) is 14.5 Å². The number of aryl methyl sites for hydroxylation is 2. The summed E-state index contributed by atoms with van der Waals surface area (Å²) in [6.07, 6.45) is 1.66. The maximum Gasteiger partial charge on any atom is 0.267 e. The van der Waals surface area contributed by atoms with Gasteiger partial charge in [0, 0.05) is 11.9 Å². The Morgan fingerprint density at radius 2 is 1.81 bits per heavy atom. The van der Waals surface area contributed by atoms with E-state index in [0.717, 1.165) is 16.8 Å². The van der Waals surface area contributed by atoms with E-state index in [1.807, 2.05) is 62.4 Å². The van der Waals surface area contributed by atoms with E-state index in [2.05, 4.69) is 10.3 Å². The Bertz CT molecular complexity index is 1330. The minimum Gasteiger partial charge on any atom is -0.325 e. The van der Waals surface area contributed by atoms with Crippen LogP contribution in [0.3, 0.4) is 0 Å². The molecule has 1 amide bonds. The number of pyridine rings is 1. The number of anilines is 1. The molecule has 2 aromatic heterocycles. The minimum absolute atomic E-state index is 0.165. The number of hydrogen-bond donors (Lipinski definition) is 1. The summed E-state index contributed by atoms with van der Waals surface area (Å²) in [6.45, 7) is 5.71. The first-order valence-electron chi connectivity index (χ1n) is 9.91. The van der Waals surface area contributed by atoms with Gasteiger partial charge in [-0.1, -0.05) is 36.0 Å². The Morgan fingerprint density at radius 1 is 1.03 bits per heavy atom. The molecule has 31 heavy (non-hydrogen) atoms. The van der Waals surface area contributed by atoms with Crippen LogP contribution in [0.5, 0.6) is 0 Å². The normalized spacial score (nSPS) is 12.0. The topological polar surface area (TPSA) is 76.9 Å². The van der Waals surface area contributed by atoms with Gasteiger partial charge >= 0.3 is 0 Å². The maximum absolute atomic E-state index is 13.3. The number of para-hydroxylation sites is 1. The highest BCUT2D eigenvalue weighted by Crippen LogP contribution is 2.25. The van der Waals surface area contributed by atoms with Crippen LogP contribution in [0.15, 0.2) is 76.8 Å². The van der Waals surface area contributed by atoms with Gasteiger partial charge in [-0.3, -0.25) is 9.59 Å². The highest BCUT2D eigenvalue weighted by molar-refractivity contribution is 8.00. The van der Waals surface area contributed by atoms with Crippen molar-refractivity contribution in [2.45, 2.75) is 31.2 Å². The Kier molecular flexibility index (Phi) is 5.86. The predicted octanol–water partition coefficient (Wildman–Crippen LogP) is 4.52. The van der Waals surface area contributed by atoms with E-state index in [1.165, 1.54) is 16.3 Å². The van der Waals surface area contributed by atoms with Gasteiger partial charge in [0.25, 0.3) is 5.56 Å². The fourth-order valence-electron chi connectivity index (χ4n) is 3.21. The minimum atomic E-state index is -0.482. The SMILES string of the molecule is Cc1cccc(NC(=O)C(C)Sc2nc3ccccc3c(=O)n2-c2cc(C)ccn2)c1. The highest BCUT2D eigenvalue weighted by Gasteiger charge is 2.21. The summed E-state index contributed by atoms with van der Waals surface area (Å²) in [5.74, 6) is 0.318. The summed E-state index contributed by atoms with van der Waals surface area (Å²) in [5.41, 5.74) is 3.16. The zero-order valence-corrected chi connectivity index (χ0v) is 18.3. The standard InChI is InChI=1S/C24H22N4O2S/c1-15-7-6-8-18(13-15)26-22(29)17(3)31-24-27-20-10-5-4-9-19(20)23(30)28(24)21-14-16(2)11-12-25-21/h4-14,17H,1-3H3,(H,26,29). The lowest BCUT2D eigenvalue weighted by Gasteiger charge is -2.16. The second-order valence-electron chi connectivity index (χ2n) is 7.36. The van der Waals surface area contributed by atoms with Gasteiger partial charge in [-0.25, -0.2) is 14.5 Å². The molecule has 6 nitrogen and oxygen atoms in total. The maximum atomic E-state index is 13.3. The van der Waals surface area contributed by atoms with Crippen LogP contribution in [0.2, 0.25) is 0 Å². The first-order valence-corrected chi connectivity index (χ1v) is 10.8. The van der Waals surface area contributed by atoms with Crippen molar-refractivity contribution in [3.8, 4) is 5.82 Å². The van der Waals surface area contributed by atoms with Gasteiger partial charge in [0.2, 0.25) is 5.91 Å². The van der Waals surface area contributed by atoms with Crippen LogP contribution < -0.4 is 10.9 Å². The molecule has 4 rings (SSSR count). The average molecular weight is 431 g/mol. The number of nitrogens with zero attached hydrogens (tertiary/aromatic N) is 3. The van der Waals surface area contributed by atoms with Crippen molar-refractivity contribution in [2.24, 2.45) is 0 Å². The fraction of sp³-hybridized carbons (Fsp3) is 0.167. The summed E-state index contributed by atoms with van der Waals surface area (Å²) in [7, 11) is 0. The van der Waals surface area contributed by atoms with Gasteiger partial charge < -0.3 is 5.32 Å². The Labute approximate surface area is 184 Å². The number of nitrogens with one attached hydrogen (secondary N) is 1. The molecule has 2 heterocycles. The first kappa shape index (κ1) is 20.8. The molecule has 1 N–H and O–H groups in total. The molecule has 0 radical (unpaired) electrons. The van der Waals surface area contributed by atoms with Crippen molar-refractivity contribution in [1.29, 1.82) is 0 Å². The van der Waals surface area contributed by atoms with Gasteiger partial charge in [-0.05, 0) is 68.3 Å². The van der Waals surface area contributed by atoms with Crippen LogP contribution in [0.4, 0.5) is 5.69 Å². The lowest BCUT2D eigenvalue weighted by Crippen LogP contribution is -2.26. The number of thioether (sulfide) groups is 1. The van der Waals surface area contributed by atoms with Gasteiger partial charge in [0.15, 0.2) is 5.16 Å². The Hall–Kier alpha value is -3.45. The number of carbonyl (C=O) groups excluding carboxylic acids is 1. The van der Waals surface area contributed by atoms with Gasteiger partial charge in [-0.15, -0.1) is 0 Å². The molecule has 0 aliphatic heterocycles. The van der Waals surface area contributed by atoms with Crippen LogP contribution in [-0.4, -0.2) is 25.7 Å². The molecule has 0 aliphatic rings. The quantitative estimate of drug-likeness (QED) is 0.372. The van der Waals surface area contributed by atoms with E-state index in [1.54, 1.807) is 25.3 Å². The van der Waals surface area contributed by atoms with E-state index in [4.69, 9.17) is 4.98 Å². The monoisotopic (exact) mass is 430 g/mol. The summed E-state index contributed by atoms with van der Waals surface area (Å²) in [6, 6.07) is 18.5. The number of fused-ring (bicyclic) bond motifs is 1. The summed E-state index contributed by atoms with van der Waals surface area (Å²) >= 11 is 1.23. The number of amides is 1. The molecule has 0 spiro atoms. The molecular weight excluding hydrogens is 408 g/mol. The summed E-state index contributed by atoms with van der Waals surface area (Å²) in [4.78, 5) is 35.2. The molecule has 1 atom stereocenters. The molecule has 0 bridgehead atoms. The summed E-state index contributed by atoms with van der Waals surface area (Å²) < 4.78 is 1.48. The first-order chi connectivity index (χ1) is 14.9. The number of rotatable bonds is 5. The zero-order valence-electron chi connectivity index (χ0n) is 17.5. The fourth-order valence-corrected chi connectivity index (χ4v) is 4.13. The van der Waals surface area contributed by atoms with E-state index < -0.39 is 5.25 Å². The Balaban J connectivity index is 1.73. The van der Waals surface area contributed by atoms with Crippen LogP contribution in [0, 0.1) is 13.8 Å². The van der Waals surface area contributed by atoms with E-state index >= 15 is 0 Å². The van der Waals surface area contributed by atoms with Crippen LogP contribution in [-0.2, 0) is 4.79 Å². The van der Waals surface area contributed by atoms with Gasteiger partial charge in [-0.2, -0.15) is 0 Å². The lowest BCUT2D eigenvalue weighted by molar-refractivity contribution is -0.115. The number of carbonyl (C=O) groups is 1. The molecule has 2 aromatic carbocycles. The molecule has 4 aromatic rings. The van der Waals surface area contributed by atoms with Crippen molar-refractivity contribution < 1.29 is 4.79 Å². The van der Waals surface area contributed by atoms with Crippen molar-refractivity contribution in [3.63, 3.8) is 0 Å². The predicted molar refractivity (Wildman–Crippen MR) is 125 cm³/mol. The van der Waals surface area contributed by atoms with Crippen molar-refractivity contribution >= 4 is 34.3 Å². The van der Waals surface area contributed by atoms with E-state index in [0.29, 0.717) is 21.9 Å². The molecule has 0 saturated heterocycles. The van der Waals surface area contributed by atoms with Crippen LogP contribution >= 0.6 is 11.8 Å². The third kappa shape index (κ3) is 4.51. The Morgan fingerprint density at radius 3 is 2.58 bits per heavy atom. The molecule has 0 fully saturated rings. The van der Waals surface area contributed by atoms with E-state index in [9.17, 15) is 9.59 Å². The molecule has 7 heteroatoms. The van der Waals surface area contributed by atoms with Gasteiger partial charge in [0.05, 0.1) is 16.2 Å². The smallest absolute Gasteiger partial charge is 0.267 e. The number of aromatic nitrogens is 3. The summed E-state index contributed by atoms with van der Waals surface area (Å²) in [5, 5.41) is 3.38. The lowest BCUT2D eigenvalue weighted by atomic mass is 10.2. The molecular formula is C24H22N4O2S. The number of benzene rings is 2. The van der Waals surface area contributed by atoms with Crippen LogP contribution in [0.25, 0.3) is 16.7 Å². The third-order valence-corrected chi connectivity index (χ3v) is 5.86. The highest BCUT2D eigenvalue weighted by atomic mass is 32.2. The van der Waals surface area contributed by atoms with E-state index in [-0.39, 0.29) is 11.5 Å².